The van der Waals surface area contributed by atoms with Crippen molar-refractivity contribution in [2.24, 2.45) is 0 Å². The van der Waals surface area contributed by atoms with Crippen molar-refractivity contribution in [3.63, 3.8) is 0 Å². The summed E-state index contributed by atoms with van der Waals surface area (Å²) >= 11 is 2.86. The van der Waals surface area contributed by atoms with Gasteiger partial charge in [-0.15, -0.1) is 0 Å². The van der Waals surface area contributed by atoms with E-state index in [1.165, 1.54) is 4.90 Å². The van der Waals surface area contributed by atoms with Crippen molar-refractivity contribution in [3.05, 3.63) is 0 Å². The number of alkyl halides is 1. The van der Waals surface area contributed by atoms with E-state index in [2.05, 4.69) is 26.7 Å². The molecule has 1 rings (SSSR count). The van der Waals surface area contributed by atoms with E-state index in [9.17, 15) is 9.18 Å². The molecule has 1 amide bonds. The molecule has 1 aliphatic rings. The van der Waals surface area contributed by atoms with Crippen molar-refractivity contribution in [1.29, 1.82) is 0 Å². The second-order valence-corrected chi connectivity index (χ2v) is 5.23. The van der Waals surface area contributed by atoms with Gasteiger partial charge in [-0.25, -0.2) is 9.18 Å². The maximum absolute atomic E-state index is 13.9. The van der Waals surface area contributed by atoms with Gasteiger partial charge in [-0.05, 0) is 31.5 Å². The van der Waals surface area contributed by atoms with Crippen molar-refractivity contribution in [1.82, 2.24) is 4.90 Å². The van der Waals surface area contributed by atoms with Crippen molar-refractivity contribution in [2.75, 3.05) is 13.1 Å². The SMILES string of the molecule is CC(C)(C)OC(=O)N1CCC(F)(C#CBr)C1. The summed E-state index contributed by atoms with van der Waals surface area (Å²) in [5.41, 5.74) is -2.17. The molecule has 1 atom stereocenters. The molecule has 0 spiro atoms. The number of nitrogens with zero attached hydrogens (tertiary/aromatic N) is 1. The van der Waals surface area contributed by atoms with Crippen LogP contribution in [0, 0.1) is 10.8 Å². The van der Waals surface area contributed by atoms with Gasteiger partial charge in [0.25, 0.3) is 0 Å². The summed E-state index contributed by atoms with van der Waals surface area (Å²) in [7, 11) is 0. The normalized spacial score (nSPS) is 24.9. The van der Waals surface area contributed by atoms with E-state index in [1.807, 2.05) is 0 Å². The smallest absolute Gasteiger partial charge is 0.410 e. The van der Waals surface area contributed by atoms with Gasteiger partial charge in [0.05, 0.1) is 6.54 Å². The molecule has 90 valence electrons. The number of carbonyl (C=O) groups is 1. The molecule has 1 aliphatic heterocycles. The van der Waals surface area contributed by atoms with E-state index in [4.69, 9.17) is 4.74 Å². The third kappa shape index (κ3) is 3.67. The van der Waals surface area contributed by atoms with E-state index in [0.717, 1.165) is 0 Å². The average molecular weight is 292 g/mol. The minimum absolute atomic E-state index is 0.0273. The number of carbonyl (C=O) groups excluding carboxylic acids is 1. The lowest BCUT2D eigenvalue weighted by Crippen LogP contribution is -2.37. The first-order valence-electron chi connectivity index (χ1n) is 5.05. The van der Waals surface area contributed by atoms with Crippen molar-refractivity contribution >= 4 is 22.0 Å². The molecule has 5 heteroatoms. The van der Waals surface area contributed by atoms with E-state index in [0.29, 0.717) is 6.54 Å². The average Bonchev–Trinajstić information content (AvgIpc) is 2.45. The lowest BCUT2D eigenvalue weighted by atomic mass is 10.1. The van der Waals surface area contributed by atoms with Gasteiger partial charge >= 0.3 is 6.09 Å². The topological polar surface area (TPSA) is 29.5 Å². The molecule has 1 saturated heterocycles. The summed E-state index contributed by atoms with van der Waals surface area (Å²) in [6.45, 7) is 5.65. The Hall–Kier alpha value is -0.760. The largest absolute Gasteiger partial charge is 0.444 e. The van der Waals surface area contributed by atoms with Crippen LogP contribution in [0.15, 0.2) is 0 Å². The maximum atomic E-state index is 13.9. The Morgan fingerprint density at radius 3 is 2.69 bits per heavy atom. The molecule has 0 N–H and O–H groups in total. The molecule has 0 aromatic carbocycles. The van der Waals surface area contributed by atoms with E-state index in [1.54, 1.807) is 20.8 Å². The van der Waals surface area contributed by atoms with Crippen LogP contribution < -0.4 is 0 Å². The number of halogens is 2. The Labute approximate surface area is 103 Å². The van der Waals surface area contributed by atoms with Crippen LogP contribution in [0.25, 0.3) is 0 Å². The van der Waals surface area contributed by atoms with Gasteiger partial charge in [-0.2, -0.15) is 0 Å². The highest BCUT2D eigenvalue weighted by Gasteiger charge is 2.40. The third-order valence-electron chi connectivity index (χ3n) is 2.14. The van der Waals surface area contributed by atoms with Crippen LogP contribution in [0.4, 0.5) is 9.18 Å². The second-order valence-electron chi connectivity index (χ2n) is 4.84. The van der Waals surface area contributed by atoms with Gasteiger partial charge in [0, 0.05) is 28.9 Å². The molecule has 0 aromatic heterocycles. The van der Waals surface area contributed by atoms with Crippen molar-refractivity contribution in [2.45, 2.75) is 38.5 Å². The van der Waals surface area contributed by atoms with Gasteiger partial charge in [0.2, 0.25) is 0 Å². The fourth-order valence-corrected chi connectivity index (χ4v) is 1.80. The Balaban J connectivity index is 2.59. The highest BCUT2D eigenvalue weighted by atomic mass is 79.9. The quantitative estimate of drug-likeness (QED) is 0.642. The summed E-state index contributed by atoms with van der Waals surface area (Å²) in [5.74, 6) is 2.42. The molecule has 0 bridgehead atoms. The van der Waals surface area contributed by atoms with E-state index < -0.39 is 17.4 Å². The molecule has 0 radical (unpaired) electrons. The first-order valence-corrected chi connectivity index (χ1v) is 5.85. The lowest BCUT2D eigenvalue weighted by molar-refractivity contribution is 0.0274. The zero-order valence-corrected chi connectivity index (χ0v) is 11.2. The Bertz CT molecular complexity index is 342. The van der Waals surface area contributed by atoms with Crippen molar-refractivity contribution < 1.29 is 13.9 Å². The molecule has 1 unspecified atom stereocenters. The number of amides is 1. The van der Waals surface area contributed by atoms with Crippen LogP contribution in [-0.2, 0) is 4.74 Å². The van der Waals surface area contributed by atoms with Crippen LogP contribution in [0.1, 0.15) is 27.2 Å². The Morgan fingerprint density at radius 2 is 2.19 bits per heavy atom. The molecule has 16 heavy (non-hydrogen) atoms. The zero-order chi connectivity index (χ0) is 12.4. The summed E-state index contributed by atoms with van der Waals surface area (Å²) < 4.78 is 19.1. The maximum Gasteiger partial charge on any atom is 0.410 e. The van der Waals surface area contributed by atoms with E-state index in [-0.39, 0.29) is 13.0 Å². The number of ether oxygens (including phenoxy) is 1. The number of hydrogen-bond donors (Lipinski definition) is 0. The monoisotopic (exact) mass is 291 g/mol. The number of hydrogen-bond acceptors (Lipinski definition) is 2. The summed E-state index contributed by atoms with van der Waals surface area (Å²) in [4.78, 5) is 15.3. The van der Waals surface area contributed by atoms with Gasteiger partial charge in [-0.1, -0.05) is 0 Å². The second kappa shape index (κ2) is 4.62. The Kier molecular flexibility index (Phi) is 3.84. The molecule has 0 aromatic rings. The third-order valence-corrected chi connectivity index (χ3v) is 2.34. The van der Waals surface area contributed by atoms with Crippen molar-refractivity contribution in [3.8, 4) is 10.8 Å². The predicted octanol–water partition coefficient (Wildman–Crippen LogP) is 2.69. The first-order chi connectivity index (χ1) is 7.26. The molecule has 3 nitrogen and oxygen atoms in total. The molecular formula is C11H15BrFNO2. The lowest BCUT2D eigenvalue weighted by Gasteiger charge is -2.24. The zero-order valence-electron chi connectivity index (χ0n) is 9.64. The molecular weight excluding hydrogens is 277 g/mol. The highest BCUT2D eigenvalue weighted by Crippen LogP contribution is 2.26. The van der Waals surface area contributed by atoms with Gasteiger partial charge in [-0.3, -0.25) is 0 Å². The van der Waals surface area contributed by atoms with Gasteiger partial charge in [0.15, 0.2) is 5.67 Å². The number of rotatable bonds is 0. The molecule has 0 saturated carbocycles. The minimum atomic E-state index is -1.61. The molecule has 0 aliphatic carbocycles. The summed E-state index contributed by atoms with van der Waals surface area (Å²) in [6.07, 6.45) is -0.256. The summed E-state index contributed by atoms with van der Waals surface area (Å²) in [6, 6.07) is 0. The van der Waals surface area contributed by atoms with E-state index >= 15 is 0 Å². The van der Waals surface area contributed by atoms with Gasteiger partial charge < -0.3 is 9.64 Å². The van der Waals surface area contributed by atoms with Crippen LogP contribution >= 0.6 is 15.9 Å². The first kappa shape index (κ1) is 13.3. The van der Waals surface area contributed by atoms with Crippen LogP contribution in [0.5, 0.6) is 0 Å². The van der Waals surface area contributed by atoms with Crippen LogP contribution in [0.3, 0.4) is 0 Å². The summed E-state index contributed by atoms with van der Waals surface area (Å²) in [5, 5.41) is 0. The standard InChI is InChI=1S/C11H15BrFNO2/c1-10(2,3)16-9(15)14-7-5-11(13,8-14)4-6-12/h5,7-8H2,1-3H3. The highest BCUT2D eigenvalue weighted by molar-refractivity contribution is 9.12. The van der Waals surface area contributed by atoms with Crippen LogP contribution in [0.2, 0.25) is 0 Å². The fourth-order valence-electron chi connectivity index (χ4n) is 1.44. The molecule has 1 heterocycles. The van der Waals surface area contributed by atoms with Crippen LogP contribution in [-0.4, -0.2) is 35.4 Å². The Morgan fingerprint density at radius 1 is 1.56 bits per heavy atom. The van der Waals surface area contributed by atoms with Gasteiger partial charge in [0.1, 0.15) is 5.60 Å². The fraction of sp³-hybridized carbons (Fsp3) is 0.727. The molecule has 1 fully saturated rings. The predicted molar refractivity (Wildman–Crippen MR) is 63.0 cm³/mol. The number of likely N-dealkylation sites (tertiary alicyclic amines) is 1. The minimum Gasteiger partial charge on any atom is -0.444 e.